The number of rotatable bonds is 8. The second kappa shape index (κ2) is 6.10. The molecule has 0 heterocycles. The van der Waals surface area contributed by atoms with Gasteiger partial charge in [-0.1, -0.05) is 27.7 Å². The van der Waals surface area contributed by atoms with Crippen molar-refractivity contribution in [1.82, 2.24) is 5.32 Å². The van der Waals surface area contributed by atoms with E-state index >= 15 is 0 Å². The minimum atomic E-state index is -0.470. The van der Waals surface area contributed by atoms with Crippen molar-refractivity contribution >= 4 is 17.7 Å². The molecule has 1 amide bonds. The molecule has 1 aliphatic rings. The van der Waals surface area contributed by atoms with E-state index in [1.165, 1.54) is 0 Å². The number of carbonyl (C=O) groups is 1. The molecule has 0 saturated heterocycles. The largest absolute Gasteiger partial charge is 0.368 e. The van der Waals surface area contributed by atoms with E-state index in [2.05, 4.69) is 26.1 Å². The first-order valence-corrected chi connectivity index (χ1v) is 7.65. The average Bonchev–Trinajstić information content (AvgIpc) is 3.07. The monoisotopic (exact) mass is 258 g/mol. The summed E-state index contributed by atoms with van der Waals surface area (Å²) < 4.78 is 0. The predicted octanol–water partition coefficient (Wildman–Crippen LogP) is 2.01. The Morgan fingerprint density at radius 2 is 2.06 bits per heavy atom. The molecular weight excluding hydrogens is 232 g/mol. The molecule has 1 saturated carbocycles. The zero-order valence-electron chi connectivity index (χ0n) is 11.5. The molecule has 0 aromatic rings. The summed E-state index contributed by atoms with van der Waals surface area (Å²) in [6.07, 6.45) is 2.26. The number of primary amides is 1. The van der Waals surface area contributed by atoms with Gasteiger partial charge >= 0.3 is 0 Å². The average molecular weight is 258 g/mol. The molecule has 1 fully saturated rings. The number of likely N-dealkylation sites (N-methyl/N-ethyl adjacent to an activating group) is 1. The van der Waals surface area contributed by atoms with Crippen LogP contribution in [0.4, 0.5) is 0 Å². The molecule has 0 bridgehead atoms. The maximum absolute atomic E-state index is 11.8. The lowest BCUT2D eigenvalue weighted by atomic mass is 9.94. The van der Waals surface area contributed by atoms with Gasteiger partial charge in [-0.3, -0.25) is 4.79 Å². The van der Waals surface area contributed by atoms with Crippen LogP contribution in [0.3, 0.4) is 0 Å². The van der Waals surface area contributed by atoms with Gasteiger partial charge in [-0.05, 0) is 31.2 Å². The molecular formula is C13H26N2OS. The van der Waals surface area contributed by atoms with Crippen LogP contribution in [-0.2, 0) is 4.79 Å². The van der Waals surface area contributed by atoms with Crippen molar-refractivity contribution in [3.8, 4) is 0 Å². The minimum Gasteiger partial charge on any atom is -0.368 e. The van der Waals surface area contributed by atoms with Crippen LogP contribution in [0.5, 0.6) is 0 Å². The Hall–Kier alpha value is -0.220. The van der Waals surface area contributed by atoms with Crippen LogP contribution in [0.2, 0.25) is 0 Å². The minimum absolute atomic E-state index is 0.176. The van der Waals surface area contributed by atoms with Crippen LogP contribution in [0, 0.1) is 11.8 Å². The molecule has 4 heteroatoms. The van der Waals surface area contributed by atoms with E-state index in [1.54, 1.807) is 0 Å². The van der Waals surface area contributed by atoms with Gasteiger partial charge in [-0.25, -0.2) is 0 Å². The lowest BCUT2D eigenvalue weighted by Crippen LogP contribution is -2.59. The number of hydrogen-bond acceptors (Lipinski definition) is 3. The van der Waals surface area contributed by atoms with Gasteiger partial charge in [0.05, 0.1) is 0 Å². The van der Waals surface area contributed by atoms with E-state index in [0.717, 1.165) is 25.1 Å². The van der Waals surface area contributed by atoms with Gasteiger partial charge in [-0.2, -0.15) is 11.8 Å². The molecule has 0 aromatic carbocycles. The van der Waals surface area contributed by atoms with Gasteiger partial charge in [0.2, 0.25) is 5.91 Å². The van der Waals surface area contributed by atoms with Crippen LogP contribution >= 0.6 is 11.8 Å². The summed E-state index contributed by atoms with van der Waals surface area (Å²) in [5, 5.41) is 3.92. The molecule has 3 N–H and O–H groups in total. The van der Waals surface area contributed by atoms with Crippen LogP contribution in [-0.4, -0.2) is 29.0 Å². The zero-order valence-corrected chi connectivity index (χ0v) is 12.3. The fourth-order valence-corrected chi connectivity index (χ4v) is 3.41. The van der Waals surface area contributed by atoms with Gasteiger partial charge < -0.3 is 11.1 Å². The van der Waals surface area contributed by atoms with Gasteiger partial charge in [0.1, 0.15) is 5.54 Å². The molecule has 0 spiro atoms. The number of carbonyl (C=O) groups excluding carboxylic acids is 1. The maximum atomic E-state index is 11.8. The summed E-state index contributed by atoms with van der Waals surface area (Å²) in [5.41, 5.74) is 5.18. The van der Waals surface area contributed by atoms with Crippen molar-refractivity contribution in [3.63, 3.8) is 0 Å². The second-order valence-electron chi connectivity index (χ2n) is 5.40. The Bertz CT molecular complexity index is 266. The summed E-state index contributed by atoms with van der Waals surface area (Å²) in [6, 6.07) is 0. The second-order valence-corrected chi connectivity index (χ2v) is 6.77. The van der Waals surface area contributed by atoms with Crippen molar-refractivity contribution in [3.05, 3.63) is 0 Å². The van der Waals surface area contributed by atoms with Crippen molar-refractivity contribution in [2.24, 2.45) is 17.6 Å². The summed E-state index contributed by atoms with van der Waals surface area (Å²) in [6.45, 7) is 9.49. The molecule has 0 aliphatic heterocycles. The quantitative estimate of drug-likeness (QED) is 0.700. The van der Waals surface area contributed by atoms with Crippen LogP contribution in [0.25, 0.3) is 0 Å². The molecule has 2 atom stereocenters. The van der Waals surface area contributed by atoms with E-state index in [0.29, 0.717) is 17.1 Å². The Morgan fingerprint density at radius 1 is 1.47 bits per heavy atom. The third-order valence-corrected chi connectivity index (χ3v) is 5.41. The van der Waals surface area contributed by atoms with Crippen LogP contribution < -0.4 is 11.1 Å². The lowest BCUT2D eigenvalue weighted by Gasteiger charge is -2.33. The Labute approximate surface area is 109 Å². The first-order valence-electron chi connectivity index (χ1n) is 6.60. The van der Waals surface area contributed by atoms with Crippen molar-refractivity contribution in [2.75, 3.05) is 12.3 Å². The first-order chi connectivity index (χ1) is 7.94. The Kier molecular flexibility index (Phi) is 5.32. The van der Waals surface area contributed by atoms with Crippen molar-refractivity contribution < 1.29 is 4.79 Å². The molecule has 17 heavy (non-hydrogen) atoms. The van der Waals surface area contributed by atoms with E-state index in [9.17, 15) is 4.79 Å². The van der Waals surface area contributed by atoms with E-state index in [4.69, 9.17) is 5.73 Å². The molecule has 100 valence electrons. The summed E-state index contributed by atoms with van der Waals surface area (Å²) in [7, 11) is 0. The topological polar surface area (TPSA) is 55.1 Å². The molecule has 0 radical (unpaired) electrons. The Balaban J connectivity index is 2.65. The highest BCUT2D eigenvalue weighted by atomic mass is 32.2. The highest BCUT2D eigenvalue weighted by Crippen LogP contribution is 2.42. The third-order valence-electron chi connectivity index (χ3n) is 3.72. The predicted molar refractivity (Wildman–Crippen MR) is 75.1 cm³/mol. The fraction of sp³-hybridized carbons (Fsp3) is 0.923. The third kappa shape index (κ3) is 3.62. The number of nitrogens with two attached hydrogens (primary N) is 1. The molecule has 1 rings (SSSR count). The van der Waals surface area contributed by atoms with Crippen LogP contribution in [0.15, 0.2) is 0 Å². The smallest absolute Gasteiger partial charge is 0.238 e. The highest BCUT2D eigenvalue weighted by molar-refractivity contribution is 8.00. The molecule has 1 aliphatic carbocycles. The van der Waals surface area contributed by atoms with Gasteiger partial charge in [0.25, 0.3) is 0 Å². The van der Waals surface area contributed by atoms with E-state index < -0.39 is 5.54 Å². The molecule has 3 nitrogen and oxygen atoms in total. The molecule has 2 unspecified atom stereocenters. The van der Waals surface area contributed by atoms with Gasteiger partial charge in [0.15, 0.2) is 0 Å². The van der Waals surface area contributed by atoms with Crippen molar-refractivity contribution in [2.45, 2.75) is 51.3 Å². The lowest BCUT2D eigenvalue weighted by molar-refractivity contribution is -0.124. The number of nitrogens with one attached hydrogen (secondary N) is 1. The fourth-order valence-electron chi connectivity index (χ4n) is 2.02. The Morgan fingerprint density at radius 3 is 2.41 bits per heavy atom. The summed E-state index contributed by atoms with van der Waals surface area (Å²) >= 11 is 1.86. The zero-order chi connectivity index (χ0) is 13.1. The van der Waals surface area contributed by atoms with E-state index in [1.807, 2.05) is 18.7 Å². The van der Waals surface area contributed by atoms with Gasteiger partial charge in [0, 0.05) is 11.0 Å². The maximum Gasteiger partial charge on any atom is 0.238 e. The van der Waals surface area contributed by atoms with Gasteiger partial charge in [-0.15, -0.1) is 0 Å². The highest BCUT2D eigenvalue weighted by Gasteiger charge is 2.49. The first kappa shape index (κ1) is 14.8. The normalized spacial score (nSPS) is 21.2. The standard InChI is InChI=1S/C13H26N2OS/c1-5-15-13(12(14)16,11-6-7-11)8-17-10(4)9(2)3/h9-11,15H,5-8H2,1-4H3,(H2,14,16). The SMILES string of the molecule is CCNC(CSC(C)C(C)C)(C(N)=O)C1CC1. The summed E-state index contributed by atoms with van der Waals surface area (Å²) in [5.74, 6) is 1.71. The van der Waals surface area contributed by atoms with Crippen LogP contribution in [0.1, 0.15) is 40.5 Å². The number of amides is 1. The molecule has 0 aromatic heterocycles. The summed E-state index contributed by atoms with van der Waals surface area (Å²) in [4.78, 5) is 11.8. The van der Waals surface area contributed by atoms with E-state index in [-0.39, 0.29) is 5.91 Å². The number of thioether (sulfide) groups is 1. The van der Waals surface area contributed by atoms with Crippen molar-refractivity contribution in [1.29, 1.82) is 0 Å². The number of hydrogen-bond donors (Lipinski definition) is 2.